The lowest BCUT2D eigenvalue weighted by atomic mass is 10.2. The summed E-state index contributed by atoms with van der Waals surface area (Å²) in [6, 6.07) is 0. The summed E-state index contributed by atoms with van der Waals surface area (Å²) in [5.74, 6) is 0. The van der Waals surface area contributed by atoms with Gasteiger partial charge in [-0.25, -0.2) is 0 Å². The molecule has 0 spiro atoms. The van der Waals surface area contributed by atoms with E-state index in [4.69, 9.17) is 4.43 Å². The molecule has 1 aromatic heterocycles. The second kappa shape index (κ2) is 4.70. The van der Waals surface area contributed by atoms with E-state index < -0.39 is 8.32 Å². The predicted octanol–water partition coefficient (Wildman–Crippen LogP) is 5.03. The summed E-state index contributed by atoms with van der Waals surface area (Å²) in [4.78, 5) is 0. The van der Waals surface area contributed by atoms with Crippen LogP contribution in [-0.4, -0.2) is 8.32 Å². The predicted molar refractivity (Wildman–Crippen MR) is 74.0 cm³/mol. The second-order valence-electron chi connectivity index (χ2n) is 5.29. The Kier molecular flexibility index (Phi) is 4.20. The molecule has 0 aliphatic carbocycles. The van der Waals surface area contributed by atoms with Crippen molar-refractivity contribution in [3.05, 3.63) is 20.8 Å². The van der Waals surface area contributed by atoms with E-state index in [-0.39, 0.29) is 5.04 Å². The molecule has 0 unspecified atom stereocenters. The van der Waals surface area contributed by atoms with Gasteiger partial charge in [-0.2, -0.15) is 11.3 Å². The average Bonchev–Trinajstić information content (AvgIpc) is 2.46. The molecule has 0 fully saturated rings. The molecule has 1 aromatic rings. The van der Waals surface area contributed by atoms with Gasteiger partial charge in [0.05, 0.1) is 6.61 Å². The minimum Gasteiger partial charge on any atom is -0.412 e. The first-order chi connectivity index (χ1) is 6.74. The average molecular weight is 307 g/mol. The summed E-state index contributed by atoms with van der Waals surface area (Å²) in [7, 11) is -1.60. The Balaban J connectivity index is 2.61. The molecule has 86 valence electrons. The van der Waals surface area contributed by atoms with Crippen LogP contribution in [0.5, 0.6) is 0 Å². The van der Waals surface area contributed by atoms with Crippen molar-refractivity contribution in [3.8, 4) is 0 Å². The van der Waals surface area contributed by atoms with Crippen molar-refractivity contribution >= 4 is 35.6 Å². The first-order valence-electron chi connectivity index (χ1n) is 5.08. The molecule has 0 aliphatic heterocycles. The van der Waals surface area contributed by atoms with E-state index in [1.54, 1.807) is 11.3 Å². The van der Waals surface area contributed by atoms with Crippen molar-refractivity contribution in [1.82, 2.24) is 0 Å². The van der Waals surface area contributed by atoms with Crippen LogP contribution in [0.25, 0.3) is 0 Å². The maximum atomic E-state index is 6.13. The molecule has 0 aliphatic rings. The fraction of sp³-hybridized carbons (Fsp3) is 0.636. The normalized spacial score (nSPS) is 13.2. The standard InChI is InChI=1S/C11H19BrOSSi/c1-11(2,3)15(4,5)13-6-9-7-14-8-10(9)12/h7-8H,6H2,1-5H3. The van der Waals surface area contributed by atoms with Crippen LogP contribution in [0.3, 0.4) is 0 Å². The smallest absolute Gasteiger partial charge is 0.192 e. The van der Waals surface area contributed by atoms with Crippen LogP contribution in [0.1, 0.15) is 26.3 Å². The number of halogens is 1. The van der Waals surface area contributed by atoms with Gasteiger partial charge in [-0.05, 0) is 39.4 Å². The number of rotatable bonds is 3. The van der Waals surface area contributed by atoms with Gasteiger partial charge in [-0.1, -0.05) is 20.8 Å². The van der Waals surface area contributed by atoms with Crippen LogP contribution >= 0.6 is 27.3 Å². The van der Waals surface area contributed by atoms with E-state index in [2.05, 4.69) is 60.6 Å². The lowest BCUT2D eigenvalue weighted by Crippen LogP contribution is -2.40. The Hall–Kier alpha value is 0.357. The number of hydrogen-bond acceptors (Lipinski definition) is 2. The summed E-state index contributed by atoms with van der Waals surface area (Å²) in [5.41, 5.74) is 1.27. The monoisotopic (exact) mass is 306 g/mol. The van der Waals surface area contributed by atoms with Crippen molar-refractivity contribution < 1.29 is 4.43 Å². The zero-order valence-corrected chi connectivity index (χ0v) is 13.5. The van der Waals surface area contributed by atoms with Crippen molar-refractivity contribution in [2.75, 3.05) is 0 Å². The SMILES string of the molecule is CC(C)(C)[Si](C)(C)OCc1cscc1Br. The summed E-state index contributed by atoms with van der Waals surface area (Å²) < 4.78 is 7.31. The Morgan fingerprint density at radius 1 is 1.33 bits per heavy atom. The molecule has 0 aromatic carbocycles. The molecule has 0 saturated heterocycles. The molecule has 15 heavy (non-hydrogen) atoms. The molecule has 1 nitrogen and oxygen atoms in total. The minimum atomic E-state index is -1.60. The zero-order valence-electron chi connectivity index (χ0n) is 10.1. The molecule has 1 heterocycles. The maximum Gasteiger partial charge on any atom is 0.192 e. The third-order valence-electron chi connectivity index (χ3n) is 3.08. The highest BCUT2D eigenvalue weighted by Gasteiger charge is 2.37. The van der Waals surface area contributed by atoms with Crippen LogP contribution in [0, 0.1) is 0 Å². The summed E-state index contributed by atoms with van der Waals surface area (Å²) in [6.45, 7) is 12.1. The highest BCUT2D eigenvalue weighted by atomic mass is 79.9. The van der Waals surface area contributed by atoms with Gasteiger partial charge in [0.1, 0.15) is 0 Å². The molecule has 1 rings (SSSR count). The quantitative estimate of drug-likeness (QED) is 0.711. The fourth-order valence-electron chi connectivity index (χ4n) is 0.886. The van der Waals surface area contributed by atoms with Gasteiger partial charge in [-0.15, -0.1) is 0 Å². The second-order valence-corrected chi connectivity index (χ2v) is 11.7. The molecule has 0 radical (unpaired) electrons. The molecule has 0 saturated carbocycles. The summed E-state index contributed by atoms with van der Waals surface area (Å²) >= 11 is 5.24. The molecule has 0 atom stereocenters. The molecule has 0 N–H and O–H groups in total. The van der Waals surface area contributed by atoms with Crippen molar-refractivity contribution in [2.24, 2.45) is 0 Å². The highest BCUT2D eigenvalue weighted by molar-refractivity contribution is 9.10. The van der Waals surface area contributed by atoms with Gasteiger partial charge >= 0.3 is 0 Å². The van der Waals surface area contributed by atoms with Crippen LogP contribution in [0.4, 0.5) is 0 Å². The lowest BCUT2D eigenvalue weighted by molar-refractivity contribution is 0.276. The maximum absolute atomic E-state index is 6.13. The fourth-order valence-corrected chi connectivity index (χ4v) is 3.24. The largest absolute Gasteiger partial charge is 0.412 e. The number of thiophene rings is 1. The van der Waals surface area contributed by atoms with Crippen LogP contribution < -0.4 is 0 Å². The first-order valence-corrected chi connectivity index (χ1v) is 9.73. The summed E-state index contributed by atoms with van der Waals surface area (Å²) in [6.07, 6.45) is 0. The Morgan fingerprint density at radius 3 is 2.33 bits per heavy atom. The Bertz CT molecular complexity index is 328. The molecule has 0 bridgehead atoms. The third kappa shape index (κ3) is 3.41. The molecular weight excluding hydrogens is 288 g/mol. The zero-order chi connectivity index (χ0) is 11.7. The van der Waals surface area contributed by atoms with E-state index in [1.165, 1.54) is 10.0 Å². The van der Waals surface area contributed by atoms with Gasteiger partial charge in [-0.3, -0.25) is 0 Å². The van der Waals surface area contributed by atoms with E-state index in [0.717, 1.165) is 6.61 Å². The van der Waals surface area contributed by atoms with Gasteiger partial charge in [0, 0.05) is 15.4 Å². The van der Waals surface area contributed by atoms with E-state index in [0.29, 0.717) is 0 Å². The highest BCUT2D eigenvalue weighted by Crippen LogP contribution is 2.37. The van der Waals surface area contributed by atoms with Crippen molar-refractivity contribution in [2.45, 2.75) is 45.5 Å². The molecular formula is C11H19BrOSSi. The van der Waals surface area contributed by atoms with Crippen molar-refractivity contribution in [3.63, 3.8) is 0 Å². The van der Waals surface area contributed by atoms with E-state index in [1.807, 2.05) is 0 Å². The number of hydrogen-bond donors (Lipinski definition) is 0. The van der Waals surface area contributed by atoms with Crippen LogP contribution in [-0.2, 0) is 11.0 Å². The van der Waals surface area contributed by atoms with Gasteiger partial charge in [0.15, 0.2) is 8.32 Å². The molecule has 4 heteroatoms. The Morgan fingerprint density at radius 2 is 1.93 bits per heavy atom. The summed E-state index contributed by atoms with van der Waals surface area (Å²) in [5, 5.41) is 4.54. The minimum absolute atomic E-state index is 0.287. The third-order valence-corrected chi connectivity index (χ3v) is 9.40. The van der Waals surface area contributed by atoms with E-state index in [9.17, 15) is 0 Å². The van der Waals surface area contributed by atoms with Crippen molar-refractivity contribution in [1.29, 1.82) is 0 Å². The van der Waals surface area contributed by atoms with Crippen LogP contribution in [0.2, 0.25) is 18.1 Å². The molecule has 0 amide bonds. The lowest BCUT2D eigenvalue weighted by Gasteiger charge is -2.36. The van der Waals surface area contributed by atoms with Gasteiger partial charge < -0.3 is 4.43 Å². The first kappa shape index (κ1) is 13.4. The Labute approximate surface area is 106 Å². The van der Waals surface area contributed by atoms with Crippen LogP contribution in [0.15, 0.2) is 15.2 Å². The van der Waals surface area contributed by atoms with Gasteiger partial charge in [0.25, 0.3) is 0 Å². The van der Waals surface area contributed by atoms with Gasteiger partial charge in [0.2, 0.25) is 0 Å². The van der Waals surface area contributed by atoms with E-state index >= 15 is 0 Å². The topological polar surface area (TPSA) is 9.23 Å².